The molecular formula is C23H28FN3O. The van der Waals surface area contributed by atoms with E-state index in [2.05, 4.69) is 32.9 Å². The highest BCUT2D eigenvalue weighted by molar-refractivity contribution is 5.84. The van der Waals surface area contributed by atoms with Crippen LogP contribution >= 0.6 is 0 Å². The molecule has 0 aliphatic heterocycles. The number of halogens is 1. The number of carbonyl (C=O) groups is 1. The van der Waals surface area contributed by atoms with E-state index in [4.69, 9.17) is 4.98 Å². The van der Waals surface area contributed by atoms with Gasteiger partial charge in [0, 0.05) is 20.0 Å². The van der Waals surface area contributed by atoms with Crippen LogP contribution in [0.5, 0.6) is 0 Å². The predicted octanol–water partition coefficient (Wildman–Crippen LogP) is 4.81. The first-order valence-electron chi connectivity index (χ1n) is 9.79. The molecule has 3 rings (SSSR count). The summed E-state index contributed by atoms with van der Waals surface area (Å²) in [5.74, 6) is 0.630. The summed E-state index contributed by atoms with van der Waals surface area (Å²) in [6.45, 7) is 8.85. The number of hydrogen-bond donors (Lipinski definition) is 0. The number of aryl methyl sites for hydroxylation is 2. The van der Waals surface area contributed by atoms with E-state index in [9.17, 15) is 9.18 Å². The smallest absolute Gasteiger partial charge is 0.245 e. The molecule has 0 fully saturated rings. The minimum absolute atomic E-state index is 0.0692. The molecule has 1 unspecified atom stereocenters. The van der Waals surface area contributed by atoms with Gasteiger partial charge in [-0.1, -0.05) is 19.1 Å². The normalized spacial score (nSPS) is 12.4. The van der Waals surface area contributed by atoms with Crippen molar-refractivity contribution < 1.29 is 9.18 Å². The largest absolute Gasteiger partial charge is 0.344 e. The number of nitrogens with zero attached hydrogens (tertiary/aromatic N) is 3. The van der Waals surface area contributed by atoms with E-state index >= 15 is 0 Å². The van der Waals surface area contributed by atoms with E-state index < -0.39 is 0 Å². The lowest BCUT2D eigenvalue weighted by atomic mass is 10.1. The van der Waals surface area contributed by atoms with Gasteiger partial charge < -0.3 is 9.47 Å². The summed E-state index contributed by atoms with van der Waals surface area (Å²) in [6.07, 6.45) is 1.46. The van der Waals surface area contributed by atoms with Crippen molar-refractivity contribution in [3.05, 3.63) is 64.7 Å². The fourth-order valence-electron chi connectivity index (χ4n) is 3.62. The lowest BCUT2D eigenvalue weighted by molar-refractivity contribution is -0.132. The van der Waals surface area contributed by atoms with E-state index in [1.165, 1.54) is 23.3 Å². The minimum atomic E-state index is -0.362. The number of likely N-dealkylation sites (N-methyl/N-ethyl adjacent to an activating group) is 1. The molecule has 148 valence electrons. The Bertz CT molecular complexity index is 991. The number of fused-ring (bicyclic) bond motifs is 1. The molecule has 0 saturated heterocycles. The first-order chi connectivity index (χ1) is 13.3. The molecule has 5 heteroatoms. The Balaban J connectivity index is 2.09. The average Bonchev–Trinajstić information content (AvgIpc) is 2.99. The SMILES string of the molecule is CCCN(C)C(=O)C(C)n1c(Cc2ccc(F)cc2)nc2cc(C)c(C)cc21. The van der Waals surface area contributed by atoms with Gasteiger partial charge in [0.15, 0.2) is 0 Å². The molecule has 1 atom stereocenters. The summed E-state index contributed by atoms with van der Waals surface area (Å²) in [5.41, 5.74) is 5.16. The Hall–Kier alpha value is -2.69. The Morgan fingerprint density at radius 1 is 1.18 bits per heavy atom. The van der Waals surface area contributed by atoms with Crippen molar-refractivity contribution in [3.8, 4) is 0 Å². The Morgan fingerprint density at radius 2 is 1.82 bits per heavy atom. The second-order valence-corrected chi connectivity index (χ2v) is 7.56. The van der Waals surface area contributed by atoms with Crippen molar-refractivity contribution in [2.75, 3.05) is 13.6 Å². The summed E-state index contributed by atoms with van der Waals surface area (Å²) in [6, 6.07) is 10.3. The van der Waals surface area contributed by atoms with Crippen LogP contribution in [0.3, 0.4) is 0 Å². The molecule has 0 aliphatic carbocycles. The third-order valence-electron chi connectivity index (χ3n) is 5.33. The van der Waals surface area contributed by atoms with Crippen LogP contribution in [-0.4, -0.2) is 34.0 Å². The van der Waals surface area contributed by atoms with Crippen LogP contribution in [0.1, 0.15) is 48.8 Å². The lowest BCUT2D eigenvalue weighted by Gasteiger charge is -2.23. The van der Waals surface area contributed by atoms with Crippen LogP contribution in [0, 0.1) is 19.7 Å². The zero-order valence-electron chi connectivity index (χ0n) is 17.3. The van der Waals surface area contributed by atoms with Crippen molar-refractivity contribution in [1.82, 2.24) is 14.5 Å². The lowest BCUT2D eigenvalue weighted by Crippen LogP contribution is -2.34. The van der Waals surface area contributed by atoms with Gasteiger partial charge in [0.1, 0.15) is 17.7 Å². The first kappa shape index (κ1) is 20.1. The molecule has 0 aliphatic rings. The maximum Gasteiger partial charge on any atom is 0.245 e. The van der Waals surface area contributed by atoms with Crippen molar-refractivity contribution in [1.29, 1.82) is 0 Å². The van der Waals surface area contributed by atoms with Crippen LogP contribution in [0.25, 0.3) is 11.0 Å². The molecule has 3 aromatic rings. The molecule has 1 heterocycles. The van der Waals surface area contributed by atoms with Crippen LogP contribution in [0.2, 0.25) is 0 Å². The number of benzene rings is 2. The van der Waals surface area contributed by atoms with Gasteiger partial charge in [-0.15, -0.1) is 0 Å². The fourth-order valence-corrected chi connectivity index (χ4v) is 3.62. The number of imidazole rings is 1. The number of amides is 1. The molecule has 1 aromatic heterocycles. The molecule has 1 amide bonds. The topological polar surface area (TPSA) is 38.1 Å². The van der Waals surface area contributed by atoms with Gasteiger partial charge in [0.2, 0.25) is 5.91 Å². The van der Waals surface area contributed by atoms with E-state index in [1.807, 2.05) is 18.5 Å². The van der Waals surface area contributed by atoms with Crippen LogP contribution < -0.4 is 0 Å². The van der Waals surface area contributed by atoms with Crippen LogP contribution in [0.15, 0.2) is 36.4 Å². The zero-order valence-corrected chi connectivity index (χ0v) is 17.3. The Morgan fingerprint density at radius 3 is 2.46 bits per heavy atom. The first-order valence-corrected chi connectivity index (χ1v) is 9.79. The summed E-state index contributed by atoms with van der Waals surface area (Å²) in [7, 11) is 1.84. The third-order valence-corrected chi connectivity index (χ3v) is 5.33. The Labute approximate surface area is 166 Å². The minimum Gasteiger partial charge on any atom is -0.344 e. The summed E-state index contributed by atoms with van der Waals surface area (Å²) < 4.78 is 15.3. The molecule has 0 radical (unpaired) electrons. The van der Waals surface area contributed by atoms with E-state index in [1.54, 1.807) is 17.0 Å². The molecule has 4 nitrogen and oxygen atoms in total. The van der Waals surface area contributed by atoms with Gasteiger partial charge in [-0.25, -0.2) is 9.37 Å². The van der Waals surface area contributed by atoms with E-state index in [-0.39, 0.29) is 17.8 Å². The second-order valence-electron chi connectivity index (χ2n) is 7.56. The van der Waals surface area contributed by atoms with Gasteiger partial charge >= 0.3 is 0 Å². The van der Waals surface area contributed by atoms with Crippen LogP contribution in [0.4, 0.5) is 4.39 Å². The molecule has 2 aromatic carbocycles. The van der Waals surface area contributed by atoms with Gasteiger partial charge in [0.05, 0.1) is 11.0 Å². The molecule has 0 spiro atoms. The number of carbonyl (C=O) groups excluding carboxylic acids is 1. The molecule has 28 heavy (non-hydrogen) atoms. The molecule has 0 saturated carbocycles. The van der Waals surface area contributed by atoms with Gasteiger partial charge in [0.25, 0.3) is 0 Å². The monoisotopic (exact) mass is 381 g/mol. The molecular weight excluding hydrogens is 353 g/mol. The number of rotatable bonds is 6. The number of hydrogen-bond acceptors (Lipinski definition) is 2. The van der Waals surface area contributed by atoms with Gasteiger partial charge in [-0.05, 0) is 68.1 Å². The molecule has 0 bridgehead atoms. The zero-order chi connectivity index (χ0) is 20.4. The molecule has 0 N–H and O–H groups in total. The maximum atomic E-state index is 13.3. The van der Waals surface area contributed by atoms with Crippen molar-refractivity contribution >= 4 is 16.9 Å². The average molecular weight is 381 g/mol. The fraction of sp³-hybridized carbons (Fsp3) is 0.391. The standard InChI is InChI=1S/C23H28FN3O/c1-6-11-26(5)23(28)17(4)27-21-13-16(3)15(2)12-20(21)25-22(27)14-18-7-9-19(24)10-8-18/h7-10,12-13,17H,6,11,14H2,1-5H3. The predicted molar refractivity (Wildman–Crippen MR) is 111 cm³/mol. The van der Waals surface area contributed by atoms with Crippen LogP contribution in [-0.2, 0) is 11.2 Å². The maximum absolute atomic E-state index is 13.3. The van der Waals surface area contributed by atoms with E-state index in [0.29, 0.717) is 6.42 Å². The summed E-state index contributed by atoms with van der Waals surface area (Å²) >= 11 is 0. The van der Waals surface area contributed by atoms with Gasteiger partial charge in [-0.3, -0.25) is 4.79 Å². The third kappa shape index (κ3) is 3.93. The highest BCUT2D eigenvalue weighted by Gasteiger charge is 2.24. The second kappa shape index (κ2) is 8.13. The van der Waals surface area contributed by atoms with Crippen molar-refractivity contribution in [3.63, 3.8) is 0 Å². The quantitative estimate of drug-likeness (QED) is 0.614. The van der Waals surface area contributed by atoms with Crippen molar-refractivity contribution in [2.45, 2.75) is 46.6 Å². The summed E-state index contributed by atoms with van der Waals surface area (Å²) in [4.78, 5) is 19.6. The highest BCUT2D eigenvalue weighted by Crippen LogP contribution is 2.27. The van der Waals surface area contributed by atoms with E-state index in [0.717, 1.165) is 35.4 Å². The van der Waals surface area contributed by atoms with Crippen molar-refractivity contribution in [2.24, 2.45) is 0 Å². The Kier molecular flexibility index (Phi) is 5.82. The van der Waals surface area contributed by atoms with Gasteiger partial charge in [-0.2, -0.15) is 0 Å². The number of aromatic nitrogens is 2. The highest BCUT2D eigenvalue weighted by atomic mass is 19.1. The summed E-state index contributed by atoms with van der Waals surface area (Å²) in [5, 5.41) is 0.